The predicted molar refractivity (Wildman–Crippen MR) is 161 cm³/mol. The number of benzene rings is 3. The minimum Gasteiger partial charge on any atom is -0.354 e. The van der Waals surface area contributed by atoms with Crippen molar-refractivity contribution >= 4 is 50.7 Å². The van der Waals surface area contributed by atoms with Gasteiger partial charge in [-0.05, 0) is 62.6 Å². The molecule has 3 aromatic carbocycles. The van der Waals surface area contributed by atoms with Gasteiger partial charge in [-0.2, -0.15) is 0 Å². The van der Waals surface area contributed by atoms with Crippen LogP contribution in [0.1, 0.15) is 43.4 Å². The molecule has 0 spiro atoms. The minimum atomic E-state index is -4.14. The average Bonchev–Trinajstić information content (AvgIpc) is 2.92. The van der Waals surface area contributed by atoms with E-state index in [4.69, 9.17) is 23.2 Å². The Balaban J connectivity index is 2.10. The highest BCUT2D eigenvalue weighted by atomic mass is 35.5. The van der Waals surface area contributed by atoms with Gasteiger partial charge in [0, 0.05) is 28.7 Å². The van der Waals surface area contributed by atoms with Gasteiger partial charge in [0.05, 0.1) is 10.6 Å². The van der Waals surface area contributed by atoms with E-state index in [0.29, 0.717) is 39.8 Å². The molecule has 7 nitrogen and oxygen atoms in total. The van der Waals surface area contributed by atoms with Crippen molar-refractivity contribution in [2.75, 3.05) is 17.4 Å². The molecule has 0 bridgehead atoms. The third-order valence-corrected chi connectivity index (χ3v) is 9.08. The second-order valence-electron chi connectivity index (χ2n) is 9.55. The molecule has 1 N–H and O–H groups in total. The van der Waals surface area contributed by atoms with Gasteiger partial charge in [0.1, 0.15) is 12.6 Å². The average molecular weight is 605 g/mol. The molecule has 0 aliphatic heterocycles. The zero-order valence-electron chi connectivity index (χ0n) is 23.2. The fraction of sp³-hybridized carbons (Fsp3) is 0.333. The van der Waals surface area contributed by atoms with Crippen LogP contribution < -0.4 is 9.62 Å². The van der Waals surface area contributed by atoms with Gasteiger partial charge in [-0.1, -0.05) is 79.0 Å². The van der Waals surface area contributed by atoms with Gasteiger partial charge in [-0.3, -0.25) is 13.9 Å². The number of rotatable bonds is 12. The van der Waals surface area contributed by atoms with Crippen molar-refractivity contribution in [1.29, 1.82) is 0 Å². The molecule has 0 fully saturated rings. The van der Waals surface area contributed by atoms with Crippen LogP contribution in [0.4, 0.5) is 5.69 Å². The lowest BCUT2D eigenvalue weighted by Gasteiger charge is -2.34. The molecule has 0 saturated carbocycles. The van der Waals surface area contributed by atoms with Crippen LogP contribution in [-0.2, 0) is 26.2 Å². The molecule has 0 aliphatic carbocycles. The van der Waals surface area contributed by atoms with E-state index in [0.717, 1.165) is 16.3 Å². The maximum Gasteiger partial charge on any atom is 0.264 e. The van der Waals surface area contributed by atoms with Crippen molar-refractivity contribution in [2.45, 2.75) is 58.0 Å². The number of nitrogens with one attached hydrogen (secondary N) is 1. The monoisotopic (exact) mass is 603 g/mol. The number of hydrogen-bond acceptors (Lipinski definition) is 4. The van der Waals surface area contributed by atoms with Gasteiger partial charge in [0.15, 0.2) is 0 Å². The molecule has 0 unspecified atom stereocenters. The molecular weight excluding hydrogens is 569 g/mol. The van der Waals surface area contributed by atoms with Gasteiger partial charge < -0.3 is 10.2 Å². The van der Waals surface area contributed by atoms with E-state index < -0.39 is 28.5 Å². The van der Waals surface area contributed by atoms with Gasteiger partial charge in [0.25, 0.3) is 10.0 Å². The maximum absolute atomic E-state index is 14.1. The van der Waals surface area contributed by atoms with E-state index in [2.05, 4.69) is 5.32 Å². The Labute approximate surface area is 247 Å². The van der Waals surface area contributed by atoms with Crippen LogP contribution in [0.2, 0.25) is 10.0 Å². The maximum atomic E-state index is 14.1. The molecule has 10 heteroatoms. The number of carbonyl (C=O) groups excluding carboxylic acids is 2. The molecule has 3 aromatic rings. The summed E-state index contributed by atoms with van der Waals surface area (Å²) in [4.78, 5) is 28.8. The number of halogens is 2. The van der Waals surface area contributed by atoms with E-state index >= 15 is 0 Å². The predicted octanol–water partition coefficient (Wildman–Crippen LogP) is 6.14. The van der Waals surface area contributed by atoms with Crippen LogP contribution in [0.15, 0.2) is 71.6 Å². The Morgan fingerprint density at radius 2 is 1.52 bits per heavy atom. The number of carbonyl (C=O) groups is 2. The van der Waals surface area contributed by atoms with E-state index in [1.807, 2.05) is 13.8 Å². The molecule has 0 aromatic heterocycles. The van der Waals surface area contributed by atoms with Crippen LogP contribution in [0.5, 0.6) is 0 Å². The van der Waals surface area contributed by atoms with Crippen molar-refractivity contribution in [3.8, 4) is 0 Å². The molecule has 2 amide bonds. The molecular formula is C30H35Cl2N3O4S. The zero-order chi connectivity index (χ0) is 29.4. The van der Waals surface area contributed by atoms with Crippen molar-refractivity contribution in [2.24, 2.45) is 0 Å². The third-order valence-electron chi connectivity index (χ3n) is 6.60. The van der Waals surface area contributed by atoms with Gasteiger partial charge in [-0.25, -0.2) is 8.42 Å². The highest BCUT2D eigenvalue weighted by Gasteiger charge is 2.34. The Hall–Kier alpha value is -3.07. The highest BCUT2D eigenvalue weighted by Crippen LogP contribution is 2.30. The number of anilines is 1. The first kappa shape index (κ1) is 31.5. The van der Waals surface area contributed by atoms with Crippen LogP contribution in [0.25, 0.3) is 0 Å². The fourth-order valence-electron chi connectivity index (χ4n) is 4.33. The lowest BCUT2D eigenvalue weighted by molar-refractivity contribution is -0.140. The number of hydrogen-bond donors (Lipinski definition) is 1. The second kappa shape index (κ2) is 14.0. The molecule has 214 valence electrons. The Kier molecular flexibility index (Phi) is 11.0. The Morgan fingerprint density at radius 3 is 2.10 bits per heavy atom. The quantitative estimate of drug-likeness (QED) is 0.269. The van der Waals surface area contributed by atoms with Crippen LogP contribution >= 0.6 is 23.2 Å². The lowest BCUT2D eigenvalue weighted by atomic mass is 10.1. The summed E-state index contributed by atoms with van der Waals surface area (Å²) in [7, 11) is -4.14. The summed E-state index contributed by atoms with van der Waals surface area (Å²) in [6.07, 6.45) is 1.03. The first-order valence-electron chi connectivity index (χ1n) is 13.2. The molecule has 40 heavy (non-hydrogen) atoms. The van der Waals surface area contributed by atoms with Crippen molar-refractivity contribution < 1.29 is 18.0 Å². The second-order valence-corrected chi connectivity index (χ2v) is 12.2. The number of sulfonamides is 1. The standard InChI is InChI=1S/C30H35Cl2N3O4S/c1-5-18-33-30(37)27(6-2)34(19-24-25(31)11-9-12-26(24)32)29(36)20-35(28-13-8-7-10-22(28)4)40(38,39)23-16-14-21(3)15-17-23/h7-17,27H,5-6,18-20H2,1-4H3,(H,33,37)/t27-/m0/s1. The lowest BCUT2D eigenvalue weighted by Crippen LogP contribution is -2.52. The van der Waals surface area contributed by atoms with Crippen molar-refractivity contribution in [3.05, 3.63) is 93.5 Å². The zero-order valence-corrected chi connectivity index (χ0v) is 25.5. The van der Waals surface area contributed by atoms with E-state index in [9.17, 15) is 18.0 Å². The topological polar surface area (TPSA) is 86.8 Å². The summed E-state index contributed by atoms with van der Waals surface area (Å²) in [5.41, 5.74) is 2.43. The first-order valence-corrected chi connectivity index (χ1v) is 15.4. The van der Waals surface area contributed by atoms with Crippen molar-refractivity contribution in [3.63, 3.8) is 0 Å². The normalized spacial score (nSPS) is 12.1. The summed E-state index contributed by atoms with van der Waals surface area (Å²) < 4.78 is 29.0. The SMILES string of the molecule is CCCNC(=O)[C@H](CC)N(Cc1c(Cl)cccc1Cl)C(=O)CN(c1ccccc1C)S(=O)(=O)c1ccc(C)cc1. The van der Waals surface area contributed by atoms with Gasteiger partial charge in [0.2, 0.25) is 11.8 Å². The van der Waals surface area contributed by atoms with Crippen molar-refractivity contribution in [1.82, 2.24) is 10.2 Å². The largest absolute Gasteiger partial charge is 0.354 e. The number of para-hydroxylation sites is 1. The summed E-state index contributed by atoms with van der Waals surface area (Å²) in [6, 6.07) is 17.6. The molecule has 3 rings (SSSR count). The number of amides is 2. The highest BCUT2D eigenvalue weighted by molar-refractivity contribution is 7.92. The van der Waals surface area contributed by atoms with Crippen LogP contribution in [0.3, 0.4) is 0 Å². The molecule has 0 aliphatic rings. The van der Waals surface area contributed by atoms with Crippen LogP contribution in [-0.4, -0.2) is 44.3 Å². The summed E-state index contributed by atoms with van der Waals surface area (Å²) in [6.45, 7) is 7.23. The number of nitrogens with zero attached hydrogens (tertiary/aromatic N) is 2. The third kappa shape index (κ3) is 7.36. The fourth-order valence-corrected chi connectivity index (χ4v) is 6.33. The molecule has 0 heterocycles. The van der Waals surface area contributed by atoms with Gasteiger partial charge >= 0.3 is 0 Å². The molecule has 0 radical (unpaired) electrons. The Morgan fingerprint density at radius 1 is 0.900 bits per heavy atom. The van der Waals surface area contributed by atoms with Crippen LogP contribution in [0, 0.1) is 13.8 Å². The summed E-state index contributed by atoms with van der Waals surface area (Å²) >= 11 is 12.9. The molecule has 1 atom stereocenters. The van der Waals surface area contributed by atoms with E-state index in [-0.39, 0.29) is 17.3 Å². The molecule has 0 saturated heterocycles. The number of aryl methyl sites for hydroxylation is 2. The van der Waals surface area contributed by atoms with Gasteiger partial charge in [-0.15, -0.1) is 0 Å². The summed E-state index contributed by atoms with van der Waals surface area (Å²) in [5.74, 6) is -0.891. The first-order chi connectivity index (χ1) is 19.0. The Bertz CT molecular complexity index is 1430. The van der Waals surface area contributed by atoms with E-state index in [1.165, 1.54) is 17.0 Å². The minimum absolute atomic E-state index is 0.0579. The van der Waals surface area contributed by atoms with E-state index in [1.54, 1.807) is 68.4 Å². The smallest absolute Gasteiger partial charge is 0.264 e. The summed E-state index contributed by atoms with van der Waals surface area (Å²) in [5, 5.41) is 3.55.